The predicted octanol–water partition coefficient (Wildman–Crippen LogP) is 2.30. The Kier molecular flexibility index (Phi) is 5.30. The molecule has 1 N–H and O–H groups in total. The van der Waals surface area contributed by atoms with Crippen LogP contribution < -0.4 is 4.74 Å². The van der Waals surface area contributed by atoms with Crippen LogP contribution in [0.4, 0.5) is 0 Å². The van der Waals surface area contributed by atoms with E-state index in [9.17, 15) is 9.59 Å². The fourth-order valence-electron chi connectivity index (χ4n) is 3.22. The maximum absolute atomic E-state index is 12.6. The standard InChI is InChI=1S/C20H25N3O3/c1-14-5-4-6-17(11-14)26-13-19(24)22-7-9-23(10-8-22)20(25)18-12-15(2)21-16(18)3/h4-6,11-12,21H,7-10,13H2,1-3H3. The number of benzene rings is 1. The average Bonchev–Trinajstić information content (AvgIpc) is 2.97. The van der Waals surface area contributed by atoms with Crippen molar-refractivity contribution in [1.29, 1.82) is 0 Å². The Morgan fingerprint density at radius 3 is 2.35 bits per heavy atom. The van der Waals surface area contributed by atoms with E-state index in [0.717, 1.165) is 17.0 Å². The lowest BCUT2D eigenvalue weighted by Crippen LogP contribution is -2.51. The van der Waals surface area contributed by atoms with Gasteiger partial charge in [-0.2, -0.15) is 0 Å². The fourth-order valence-corrected chi connectivity index (χ4v) is 3.22. The van der Waals surface area contributed by atoms with Gasteiger partial charge in [0.05, 0.1) is 5.56 Å². The van der Waals surface area contributed by atoms with Gasteiger partial charge in [-0.3, -0.25) is 9.59 Å². The molecule has 138 valence electrons. The van der Waals surface area contributed by atoms with E-state index in [1.807, 2.05) is 51.1 Å². The van der Waals surface area contributed by atoms with Crippen molar-refractivity contribution in [1.82, 2.24) is 14.8 Å². The predicted molar refractivity (Wildman–Crippen MR) is 99.4 cm³/mol. The number of nitrogens with zero attached hydrogens (tertiary/aromatic N) is 2. The van der Waals surface area contributed by atoms with E-state index < -0.39 is 0 Å². The zero-order valence-corrected chi connectivity index (χ0v) is 15.5. The van der Waals surface area contributed by atoms with Crippen LogP contribution >= 0.6 is 0 Å². The lowest BCUT2D eigenvalue weighted by molar-refractivity contribution is -0.134. The summed E-state index contributed by atoms with van der Waals surface area (Å²) in [4.78, 5) is 31.7. The third-order valence-electron chi connectivity index (χ3n) is 4.65. The molecule has 1 aromatic heterocycles. The molecule has 26 heavy (non-hydrogen) atoms. The molecule has 1 aromatic carbocycles. The summed E-state index contributed by atoms with van der Waals surface area (Å²) in [5, 5.41) is 0. The van der Waals surface area contributed by atoms with E-state index in [4.69, 9.17) is 4.74 Å². The zero-order chi connectivity index (χ0) is 18.7. The number of rotatable bonds is 4. The maximum atomic E-state index is 12.6. The molecular weight excluding hydrogens is 330 g/mol. The Bertz CT molecular complexity index is 804. The summed E-state index contributed by atoms with van der Waals surface area (Å²) < 4.78 is 5.59. The Balaban J connectivity index is 1.50. The molecule has 0 aliphatic carbocycles. The van der Waals surface area contributed by atoms with Crippen molar-refractivity contribution >= 4 is 11.8 Å². The Hall–Kier alpha value is -2.76. The van der Waals surface area contributed by atoms with Crippen molar-refractivity contribution in [3.63, 3.8) is 0 Å². The molecule has 2 amide bonds. The molecule has 0 atom stereocenters. The number of piperazine rings is 1. The van der Waals surface area contributed by atoms with Gasteiger partial charge in [0.2, 0.25) is 0 Å². The topological polar surface area (TPSA) is 65.6 Å². The number of nitrogens with one attached hydrogen (secondary N) is 1. The van der Waals surface area contributed by atoms with Crippen molar-refractivity contribution in [3.8, 4) is 5.75 Å². The molecule has 0 unspecified atom stereocenters. The summed E-state index contributed by atoms with van der Waals surface area (Å²) in [6.07, 6.45) is 0. The van der Waals surface area contributed by atoms with Gasteiger partial charge in [0.15, 0.2) is 6.61 Å². The van der Waals surface area contributed by atoms with Crippen LogP contribution in [0.3, 0.4) is 0 Å². The van der Waals surface area contributed by atoms with Gasteiger partial charge in [-0.25, -0.2) is 0 Å². The first-order valence-electron chi connectivity index (χ1n) is 8.87. The lowest BCUT2D eigenvalue weighted by Gasteiger charge is -2.34. The minimum atomic E-state index is -0.0488. The van der Waals surface area contributed by atoms with Gasteiger partial charge in [0.1, 0.15) is 5.75 Å². The second kappa shape index (κ2) is 7.64. The van der Waals surface area contributed by atoms with Gasteiger partial charge in [-0.1, -0.05) is 12.1 Å². The molecule has 0 saturated carbocycles. The highest BCUT2D eigenvalue weighted by Gasteiger charge is 2.26. The molecule has 1 aliphatic heterocycles. The fraction of sp³-hybridized carbons (Fsp3) is 0.400. The second-order valence-corrected chi connectivity index (χ2v) is 6.77. The highest BCUT2D eigenvalue weighted by molar-refractivity contribution is 5.95. The number of H-pyrrole nitrogens is 1. The summed E-state index contributed by atoms with van der Waals surface area (Å²) >= 11 is 0. The van der Waals surface area contributed by atoms with Crippen LogP contribution in [0, 0.1) is 20.8 Å². The van der Waals surface area contributed by atoms with Gasteiger partial charge in [0, 0.05) is 37.6 Å². The van der Waals surface area contributed by atoms with Crippen LogP contribution in [0.15, 0.2) is 30.3 Å². The van der Waals surface area contributed by atoms with Crippen molar-refractivity contribution in [2.45, 2.75) is 20.8 Å². The lowest BCUT2D eigenvalue weighted by atomic mass is 10.2. The largest absolute Gasteiger partial charge is 0.484 e. The summed E-state index contributed by atoms with van der Waals surface area (Å²) in [5.74, 6) is 0.674. The van der Waals surface area contributed by atoms with Crippen LogP contribution in [0.2, 0.25) is 0 Å². The van der Waals surface area contributed by atoms with Crippen LogP contribution in [-0.2, 0) is 4.79 Å². The van der Waals surface area contributed by atoms with Crippen LogP contribution in [0.25, 0.3) is 0 Å². The van der Waals surface area contributed by atoms with E-state index in [1.165, 1.54) is 0 Å². The van der Waals surface area contributed by atoms with Gasteiger partial charge in [0.25, 0.3) is 11.8 Å². The summed E-state index contributed by atoms with van der Waals surface area (Å²) in [6, 6.07) is 9.52. The quantitative estimate of drug-likeness (QED) is 0.915. The molecule has 1 saturated heterocycles. The molecule has 2 heterocycles. The van der Waals surface area contributed by atoms with Crippen LogP contribution in [0.1, 0.15) is 27.3 Å². The van der Waals surface area contributed by atoms with E-state index in [0.29, 0.717) is 37.5 Å². The van der Waals surface area contributed by atoms with Gasteiger partial charge in [-0.15, -0.1) is 0 Å². The minimum absolute atomic E-state index is 0.0213. The SMILES string of the molecule is Cc1cccc(OCC(=O)N2CCN(C(=O)c3cc(C)[nH]c3C)CC2)c1. The molecule has 6 heteroatoms. The van der Waals surface area contributed by atoms with Gasteiger partial charge in [-0.05, 0) is 44.5 Å². The number of aromatic nitrogens is 1. The Morgan fingerprint density at radius 2 is 1.73 bits per heavy atom. The summed E-state index contributed by atoms with van der Waals surface area (Å²) in [6.45, 7) is 8.00. The monoisotopic (exact) mass is 355 g/mol. The highest BCUT2D eigenvalue weighted by atomic mass is 16.5. The number of carbonyl (C=O) groups excluding carboxylic acids is 2. The van der Waals surface area contributed by atoms with Crippen LogP contribution in [0.5, 0.6) is 5.75 Å². The molecule has 2 aromatic rings. The van der Waals surface area contributed by atoms with Crippen LogP contribution in [-0.4, -0.2) is 59.4 Å². The number of amides is 2. The minimum Gasteiger partial charge on any atom is -0.484 e. The number of aromatic amines is 1. The molecule has 0 bridgehead atoms. The Morgan fingerprint density at radius 1 is 1.04 bits per heavy atom. The van der Waals surface area contributed by atoms with E-state index in [1.54, 1.807) is 9.80 Å². The van der Waals surface area contributed by atoms with Crippen molar-refractivity contribution in [3.05, 3.63) is 52.8 Å². The smallest absolute Gasteiger partial charge is 0.260 e. The molecule has 3 rings (SSSR count). The van der Waals surface area contributed by atoms with E-state index >= 15 is 0 Å². The van der Waals surface area contributed by atoms with Crippen molar-refractivity contribution in [2.24, 2.45) is 0 Å². The summed E-state index contributed by atoms with van der Waals surface area (Å²) in [5.41, 5.74) is 3.67. The molecule has 0 spiro atoms. The van der Waals surface area contributed by atoms with Gasteiger partial charge < -0.3 is 19.5 Å². The molecule has 6 nitrogen and oxygen atoms in total. The molecule has 0 radical (unpaired) electrons. The highest BCUT2D eigenvalue weighted by Crippen LogP contribution is 2.15. The molecule has 1 fully saturated rings. The number of hydrogen-bond acceptors (Lipinski definition) is 3. The number of hydrogen-bond donors (Lipinski definition) is 1. The van der Waals surface area contributed by atoms with Crippen molar-refractivity contribution in [2.75, 3.05) is 32.8 Å². The first kappa shape index (κ1) is 18.0. The third kappa shape index (κ3) is 4.07. The third-order valence-corrected chi connectivity index (χ3v) is 4.65. The van der Waals surface area contributed by atoms with E-state index in [-0.39, 0.29) is 18.4 Å². The average molecular weight is 355 g/mol. The first-order valence-corrected chi connectivity index (χ1v) is 8.87. The van der Waals surface area contributed by atoms with Crippen molar-refractivity contribution < 1.29 is 14.3 Å². The second-order valence-electron chi connectivity index (χ2n) is 6.77. The number of aryl methyl sites for hydroxylation is 3. The van der Waals surface area contributed by atoms with Gasteiger partial charge >= 0.3 is 0 Å². The maximum Gasteiger partial charge on any atom is 0.260 e. The zero-order valence-electron chi connectivity index (χ0n) is 15.5. The molecular formula is C20H25N3O3. The molecule has 1 aliphatic rings. The normalized spacial score (nSPS) is 14.4. The number of carbonyl (C=O) groups is 2. The Labute approximate surface area is 153 Å². The summed E-state index contributed by atoms with van der Waals surface area (Å²) in [7, 11) is 0. The number of ether oxygens (including phenoxy) is 1. The first-order chi connectivity index (χ1) is 12.4. The van der Waals surface area contributed by atoms with E-state index in [2.05, 4.69) is 4.98 Å².